The number of aromatic nitrogens is 4. The zero-order valence-electron chi connectivity index (χ0n) is 12.1. The second-order valence-corrected chi connectivity index (χ2v) is 4.84. The van der Waals surface area contributed by atoms with Gasteiger partial charge in [0.05, 0.1) is 18.9 Å². The van der Waals surface area contributed by atoms with E-state index in [-0.39, 0.29) is 12.3 Å². The quantitative estimate of drug-likeness (QED) is 0.768. The molecule has 0 fully saturated rings. The van der Waals surface area contributed by atoms with E-state index in [1.165, 1.54) is 0 Å². The molecule has 22 heavy (non-hydrogen) atoms. The van der Waals surface area contributed by atoms with E-state index in [0.29, 0.717) is 24.0 Å². The largest absolute Gasteiger partial charge is 0.352 e. The summed E-state index contributed by atoms with van der Waals surface area (Å²) >= 11 is 0. The smallest absolute Gasteiger partial charge is 0.276 e. The fourth-order valence-corrected chi connectivity index (χ4v) is 2.00. The Balaban J connectivity index is 1.58. The molecule has 0 unspecified atom stereocenters. The van der Waals surface area contributed by atoms with Gasteiger partial charge in [-0.25, -0.2) is 4.98 Å². The number of carbonyl (C=O) groups is 1. The van der Waals surface area contributed by atoms with Crippen molar-refractivity contribution in [1.29, 1.82) is 0 Å². The predicted octanol–water partition coefficient (Wildman–Crippen LogP) is 1.33. The molecule has 2 heterocycles. The minimum atomic E-state index is -0.152. The highest BCUT2D eigenvalue weighted by Crippen LogP contribution is 2.15. The molecule has 0 bridgehead atoms. The first kappa shape index (κ1) is 14.0. The lowest BCUT2D eigenvalue weighted by molar-refractivity contribution is -0.120. The number of hydrogen-bond acceptors (Lipinski definition) is 5. The maximum atomic E-state index is 11.9. The third kappa shape index (κ3) is 3.20. The van der Waals surface area contributed by atoms with E-state index in [4.69, 9.17) is 4.52 Å². The highest BCUT2D eigenvalue weighted by atomic mass is 16.5. The van der Waals surface area contributed by atoms with Gasteiger partial charge >= 0.3 is 0 Å². The summed E-state index contributed by atoms with van der Waals surface area (Å²) in [4.78, 5) is 20.1. The molecule has 0 aliphatic carbocycles. The summed E-state index contributed by atoms with van der Waals surface area (Å²) in [6.45, 7) is 0.478. The monoisotopic (exact) mass is 297 g/mol. The molecule has 0 saturated carbocycles. The summed E-state index contributed by atoms with van der Waals surface area (Å²) in [6, 6.07) is 9.70. The number of nitrogens with zero attached hydrogens (tertiary/aromatic N) is 4. The SMILES string of the molecule is Cn1cncc1-c1nc(CC(=O)NCc2ccccc2)no1. The molecule has 3 rings (SSSR count). The van der Waals surface area contributed by atoms with E-state index >= 15 is 0 Å². The third-order valence-electron chi connectivity index (χ3n) is 3.16. The number of nitrogens with one attached hydrogen (secondary N) is 1. The minimum absolute atomic E-state index is 0.0776. The van der Waals surface area contributed by atoms with Crippen LogP contribution < -0.4 is 5.32 Å². The van der Waals surface area contributed by atoms with Crippen LogP contribution in [0.3, 0.4) is 0 Å². The van der Waals surface area contributed by atoms with Crippen LogP contribution in [0.15, 0.2) is 47.4 Å². The maximum Gasteiger partial charge on any atom is 0.276 e. The molecule has 2 aromatic heterocycles. The summed E-state index contributed by atoms with van der Waals surface area (Å²) in [7, 11) is 1.83. The van der Waals surface area contributed by atoms with Gasteiger partial charge in [-0.2, -0.15) is 4.98 Å². The van der Waals surface area contributed by atoms with E-state index in [1.54, 1.807) is 17.1 Å². The number of aryl methyl sites for hydroxylation is 1. The molecule has 7 nitrogen and oxygen atoms in total. The van der Waals surface area contributed by atoms with Crippen molar-refractivity contribution in [3.8, 4) is 11.6 Å². The fourth-order valence-electron chi connectivity index (χ4n) is 2.00. The van der Waals surface area contributed by atoms with Gasteiger partial charge in [-0.05, 0) is 5.56 Å². The summed E-state index contributed by atoms with van der Waals surface area (Å²) in [5, 5.41) is 6.64. The number of amides is 1. The van der Waals surface area contributed by atoms with Gasteiger partial charge in [0, 0.05) is 13.6 Å². The van der Waals surface area contributed by atoms with E-state index in [0.717, 1.165) is 5.56 Å². The van der Waals surface area contributed by atoms with Crippen molar-refractivity contribution in [2.24, 2.45) is 7.05 Å². The Hall–Kier alpha value is -2.96. The van der Waals surface area contributed by atoms with Crippen molar-refractivity contribution >= 4 is 5.91 Å². The molecule has 1 N–H and O–H groups in total. The molecule has 0 atom stereocenters. The van der Waals surface area contributed by atoms with Gasteiger partial charge in [0.25, 0.3) is 5.89 Å². The lowest BCUT2D eigenvalue weighted by Crippen LogP contribution is -2.24. The van der Waals surface area contributed by atoms with Crippen molar-refractivity contribution < 1.29 is 9.32 Å². The van der Waals surface area contributed by atoms with Crippen LogP contribution in [0.25, 0.3) is 11.6 Å². The first-order valence-electron chi connectivity index (χ1n) is 6.82. The Labute approximate surface area is 127 Å². The van der Waals surface area contributed by atoms with Gasteiger partial charge in [-0.15, -0.1) is 0 Å². The summed E-state index contributed by atoms with van der Waals surface area (Å²) < 4.78 is 6.92. The molecule has 0 aliphatic rings. The van der Waals surface area contributed by atoms with Crippen molar-refractivity contribution in [1.82, 2.24) is 25.0 Å². The molecular formula is C15H15N5O2. The van der Waals surface area contributed by atoms with E-state index in [1.807, 2.05) is 37.4 Å². The Morgan fingerprint density at radius 1 is 1.32 bits per heavy atom. The van der Waals surface area contributed by atoms with Crippen LogP contribution in [0.4, 0.5) is 0 Å². The average molecular weight is 297 g/mol. The van der Waals surface area contributed by atoms with Gasteiger partial charge in [0.15, 0.2) is 5.82 Å². The molecule has 0 saturated heterocycles. The number of benzene rings is 1. The van der Waals surface area contributed by atoms with Crippen LogP contribution >= 0.6 is 0 Å². The number of imidazole rings is 1. The molecule has 112 valence electrons. The topological polar surface area (TPSA) is 85.8 Å². The Morgan fingerprint density at radius 2 is 2.14 bits per heavy atom. The number of rotatable bonds is 5. The van der Waals surface area contributed by atoms with E-state index in [2.05, 4.69) is 20.4 Å². The molecule has 0 spiro atoms. The lowest BCUT2D eigenvalue weighted by Gasteiger charge is -2.03. The van der Waals surface area contributed by atoms with Crippen LogP contribution in [0.1, 0.15) is 11.4 Å². The Bertz CT molecular complexity index is 763. The zero-order chi connectivity index (χ0) is 15.4. The minimum Gasteiger partial charge on any atom is -0.352 e. The predicted molar refractivity (Wildman–Crippen MR) is 78.5 cm³/mol. The normalized spacial score (nSPS) is 10.6. The standard InChI is InChI=1S/C15H15N5O2/c1-20-10-16-9-12(20)15-18-13(19-22-15)7-14(21)17-8-11-5-3-2-4-6-11/h2-6,9-10H,7-8H2,1H3,(H,17,21). The van der Waals surface area contributed by atoms with E-state index in [9.17, 15) is 4.79 Å². The van der Waals surface area contributed by atoms with Gasteiger partial charge in [0.2, 0.25) is 5.91 Å². The average Bonchev–Trinajstić information content (AvgIpc) is 3.15. The van der Waals surface area contributed by atoms with Crippen molar-refractivity contribution in [3.05, 3.63) is 54.2 Å². The highest BCUT2D eigenvalue weighted by molar-refractivity contribution is 5.77. The summed E-state index contributed by atoms with van der Waals surface area (Å²) in [6.07, 6.45) is 3.35. The molecule has 1 amide bonds. The fraction of sp³-hybridized carbons (Fsp3) is 0.200. The highest BCUT2D eigenvalue weighted by Gasteiger charge is 2.14. The Morgan fingerprint density at radius 3 is 2.86 bits per heavy atom. The number of carbonyl (C=O) groups excluding carboxylic acids is 1. The molecule has 3 aromatic rings. The molecular weight excluding hydrogens is 282 g/mol. The van der Waals surface area contributed by atoms with Crippen LogP contribution in [0.5, 0.6) is 0 Å². The second kappa shape index (κ2) is 6.21. The van der Waals surface area contributed by atoms with Gasteiger partial charge in [-0.3, -0.25) is 4.79 Å². The van der Waals surface area contributed by atoms with Crippen molar-refractivity contribution in [3.63, 3.8) is 0 Å². The van der Waals surface area contributed by atoms with Gasteiger partial charge in [0.1, 0.15) is 5.69 Å². The van der Waals surface area contributed by atoms with Crippen LogP contribution in [-0.2, 0) is 24.8 Å². The van der Waals surface area contributed by atoms with Crippen LogP contribution in [-0.4, -0.2) is 25.6 Å². The maximum absolute atomic E-state index is 11.9. The second-order valence-electron chi connectivity index (χ2n) is 4.84. The summed E-state index contributed by atoms with van der Waals surface area (Å²) in [5.41, 5.74) is 1.75. The van der Waals surface area contributed by atoms with Crippen LogP contribution in [0, 0.1) is 0 Å². The van der Waals surface area contributed by atoms with Crippen molar-refractivity contribution in [2.75, 3.05) is 0 Å². The van der Waals surface area contributed by atoms with Gasteiger partial charge in [-0.1, -0.05) is 35.5 Å². The van der Waals surface area contributed by atoms with Gasteiger partial charge < -0.3 is 14.4 Å². The Kier molecular flexibility index (Phi) is 3.95. The van der Waals surface area contributed by atoms with Crippen molar-refractivity contribution in [2.45, 2.75) is 13.0 Å². The molecule has 0 radical (unpaired) electrons. The zero-order valence-corrected chi connectivity index (χ0v) is 12.1. The first-order valence-corrected chi connectivity index (χ1v) is 6.82. The molecule has 0 aliphatic heterocycles. The number of hydrogen-bond donors (Lipinski definition) is 1. The molecule has 7 heteroatoms. The molecule has 1 aromatic carbocycles. The first-order chi connectivity index (χ1) is 10.7. The third-order valence-corrected chi connectivity index (χ3v) is 3.16. The summed E-state index contributed by atoms with van der Waals surface area (Å²) in [5.74, 6) is 0.550. The lowest BCUT2D eigenvalue weighted by atomic mass is 10.2. The van der Waals surface area contributed by atoms with Crippen LogP contribution in [0.2, 0.25) is 0 Å². The van der Waals surface area contributed by atoms with E-state index < -0.39 is 0 Å².